The molecule has 0 unspecified atom stereocenters. The molecule has 0 aliphatic heterocycles. The molecule has 29 heavy (non-hydrogen) atoms. The van der Waals surface area contributed by atoms with Crippen LogP contribution in [-0.4, -0.2) is 14.9 Å². The number of aryl methyl sites for hydroxylation is 2. The average Bonchev–Trinajstić information content (AvgIpc) is 2.90. The Bertz CT molecular complexity index is 1040. The van der Waals surface area contributed by atoms with Gasteiger partial charge < -0.3 is 10.6 Å². The molecule has 3 aromatic rings. The quantitative estimate of drug-likeness (QED) is 0.535. The Hall–Kier alpha value is -2.87. The minimum Gasteiger partial charge on any atom is -0.332 e. The molecule has 4 nitrogen and oxygen atoms in total. The summed E-state index contributed by atoms with van der Waals surface area (Å²) in [6.07, 6.45) is -4.47. The number of halogens is 3. The summed E-state index contributed by atoms with van der Waals surface area (Å²) in [5.74, 6) is 0. The van der Waals surface area contributed by atoms with Crippen molar-refractivity contribution in [2.45, 2.75) is 33.5 Å². The molecule has 8 heteroatoms. The van der Waals surface area contributed by atoms with E-state index in [1.54, 1.807) is 0 Å². The molecule has 1 aromatic heterocycles. The van der Waals surface area contributed by atoms with Gasteiger partial charge in [-0.05, 0) is 56.2 Å². The summed E-state index contributed by atoms with van der Waals surface area (Å²) in [6.45, 7) is 6.36. The Kier molecular flexibility index (Phi) is 5.93. The minimum absolute atomic E-state index is 0.0725. The maximum atomic E-state index is 13.2. The number of rotatable bonds is 4. The van der Waals surface area contributed by atoms with Crippen molar-refractivity contribution in [3.63, 3.8) is 0 Å². The van der Waals surface area contributed by atoms with Crippen LogP contribution in [0.1, 0.15) is 28.1 Å². The van der Waals surface area contributed by atoms with Gasteiger partial charge in [0.05, 0.1) is 34.9 Å². The maximum absolute atomic E-state index is 13.2. The van der Waals surface area contributed by atoms with Crippen molar-refractivity contribution in [1.82, 2.24) is 9.78 Å². The summed E-state index contributed by atoms with van der Waals surface area (Å²) in [6, 6.07) is 13.3. The number of nitrogens with one attached hydrogen (secondary N) is 2. The summed E-state index contributed by atoms with van der Waals surface area (Å²) < 4.78 is 41.4. The van der Waals surface area contributed by atoms with Crippen LogP contribution in [0.15, 0.2) is 48.5 Å². The topological polar surface area (TPSA) is 41.9 Å². The number of anilines is 2. The van der Waals surface area contributed by atoms with Gasteiger partial charge in [0.15, 0.2) is 5.11 Å². The number of hydrogen-bond acceptors (Lipinski definition) is 2. The molecular weight excluding hydrogens is 397 g/mol. The van der Waals surface area contributed by atoms with E-state index < -0.39 is 11.7 Å². The first-order valence-corrected chi connectivity index (χ1v) is 9.40. The molecule has 0 amide bonds. The smallest absolute Gasteiger partial charge is 0.332 e. The van der Waals surface area contributed by atoms with Crippen molar-refractivity contribution < 1.29 is 13.2 Å². The first-order chi connectivity index (χ1) is 13.7. The predicted octanol–water partition coefficient (Wildman–Crippen LogP) is 5.68. The highest BCUT2D eigenvalue weighted by molar-refractivity contribution is 7.80. The van der Waals surface area contributed by atoms with E-state index >= 15 is 0 Å². The van der Waals surface area contributed by atoms with E-state index in [1.165, 1.54) is 18.2 Å². The second kappa shape index (κ2) is 8.24. The van der Waals surface area contributed by atoms with Gasteiger partial charge in [-0.25, -0.2) is 0 Å². The second-order valence-electron chi connectivity index (χ2n) is 6.75. The van der Waals surface area contributed by atoms with E-state index in [4.69, 9.17) is 12.2 Å². The van der Waals surface area contributed by atoms with Crippen LogP contribution >= 0.6 is 12.2 Å². The van der Waals surface area contributed by atoms with Crippen LogP contribution in [-0.2, 0) is 12.7 Å². The Morgan fingerprint density at radius 1 is 1.00 bits per heavy atom. The standard InChI is InChI=1S/C21H21F3N4S/c1-13-8-4-5-9-16(13)12-28-15(3)19(14(2)27-28)26-20(29)25-18-11-7-6-10-17(18)21(22,23)24/h4-11H,12H2,1-3H3,(H2,25,26,29). The first-order valence-electron chi connectivity index (χ1n) is 8.99. The zero-order chi connectivity index (χ0) is 21.2. The molecule has 152 valence electrons. The van der Waals surface area contributed by atoms with Crippen molar-refractivity contribution in [3.05, 3.63) is 76.6 Å². The maximum Gasteiger partial charge on any atom is 0.418 e. The highest BCUT2D eigenvalue weighted by atomic mass is 32.1. The fourth-order valence-electron chi connectivity index (χ4n) is 3.09. The number of para-hydroxylation sites is 1. The van der Waals surface area contributed by atoms with E-state index in [-0.39, 0.29) is 10.8 Å². The van der Waals surface area contributed by atoms with Gasteiger partial charge in [-0.3, -0.25) is 4.68 Å². The summed E-state index contributed by atoms with van der Waals surface area (Å²) in [5.41, 5.74) is 3.68. The fraction of sp³-hybridized carbons (Fsp3) is 0.238. The number of benzene rings is 2. The van der Waals surface area contributed by atoms with Crippen LogP contribution in [0.25, 0.3) is 0 Å². The van der Waals surface area contributed by atoms with E-state index in [0.717, 1.165) is 22.9 Å². The van der Waals surface area contributed by atoms with Crippen molar-refractivity contribution in [2.75, 3.05) is 10.6 Å². The number of alkyl halides is 3. The summed E-state index contributed by atoms with van der Waals surface area (Å²) >= 11 is 5.25. The zero-order valence-electron chi connectivity index (χ0n) is 16.3. The second-order valence-corrected chi connectivity index (χ2v) is 7.16. The van der Waals surface area contributed by atoms with Crippen molar-refractivity contribution in [3.8, 4) is 0 Å². The highest BCUT2D eigenvalue weighted by Crippen LogP contribution is 2.34. The molecule has 0 fully saturated rings. The molecule has 0 saturated carbocycles. The highest BCUT2D eigenvalue weighted by Gasteiger charge is 2.33. The van der Waals surface area contributed by atoms with Crippen LogP contribution < -0.4 is 10.6 Å². The molecule has 0 aliphatic rings. The van der Waals surface area contributed by atoms with Gasteiger partial charge in [0.1, 0.15) is 0 Å². The van der Waals surface area contributed by atoms with Gasteiger partial charge in [-0.2, -0.15) is 18.3 Å². The number of aromatic nitrogens is 2. The van der Waals surface area contributed by atoms with E-state index in [2.05, 4.69) is 15.7 Å². The predicted molar refractivity (Wildman–Crippen MR) is 113 cm³/mol. The third kappa shape index (κ3) is 4.76. The third-order valence-corrected chi connectivity index (χ3v) is 4.89. The van der Waals surface area contributed by atoms with Crippen molar-refractivity contribution in [2.24, 2.45) is 0 Å². The molecule has 0 bridgehead atoms. The lowest BCUT2D eigenvalue weighted by atomic mass is 10.1. The van der Waals surface area contributed by atoms with Crippen molar-refractivity contribution in [1.29, 1.82) is 0 Å². The fourth-order valence-corrected chi connectivity index (χ4v) is 3.30. The molecule has 0 radical (unpaired) electrons. The van der Waals surface area contributed by atoms with Gasteiger partial charge in [0, 0.05) is 0 Å². The zero-order valence-corrected chi connectivity index (χ0v) is 17.1. The average molecular weight is 418 g/mol. The van der Waals surface area contributed by atoms with E-state index in [9.17, 15) is 13.2 Å². The third-order valence-electron chi connectivity index (χ3n) is 4.68. The number of thiocarbonyl (C=S) groups is 1. The van der Waals surface area contributed by atoms with Crippen LogP contribution in [0.4, 0.5) is 24.5 Å². The molecule has 0 saturated heterocycles. The largest absolute Gasteiger partial charge is 0.418 e. The van der Waals surface area contributed by atoms with Crippen LogP contribution in [0.5, 0.6) is 0 Å². The normalized spacial score (nSPS) is 11.4. The molecule has 3 rings (SSSR count). The molecular formula is C21H21F3N4S. The monoisotopic (exact) mass is 418 g/mol. The Labute approximate surface area is 172 Å². The molecule has 0 atom stereocenters. The van der Waals surface area contributed by atoms with Crippen LogP contribution in [0.2, 0.25) is 0 Å². The van der Waals surface area contributed by atoms with Crippen LogP contribution in [0.3, 0.4) is 0 Å². The van der Waals surface area contributed by atoms with Gasteiger partial charge in [-0.15, -0.1) is 0 Å². The van der Waals surface area contributed by atoms with Crippen LogP contribution in [0, 0.1) is 20.8 Å². The SMILES string of the molecule is Cc1ccccc1Cn1nc(C)c(NC(=S)Nc2ccccc2C(F)(F)F)c1C. The van der Waals surface area contributed by atoms with Gasteiger partial charge in [0.25, 0.3) is 0 Å². The molecule has 0 spiro atoms. The van der Waals surface area contributed by atoms with E-state index in [1.807, 2.05) is 49.7 Å². The van der Waals surface area contributed by atoms with Crippen molar-refractivity contribution >= 4 is 28.7 Å². The molecule has 1 heterocycles. The Morgan fingerprint density at radius 3 is 2.34 bits per heavy atom. The van der Waals surface area contributed by atoms with Gasteiger partial charge in [0.2, 0.25) is 0 Å². The molecule has 2 aromatic carbocycles. The lowest BCUT2D eigenvalue weighted by Gasteiger charge is -2.16. The van der Waals surface area contributed by atoms with Gasteiger partial charge in [-0.1, -0.05) is 36.4 Å². The summed E-state index contributed by atoms with van der Waals surface area (Å²) in [4.78, 5) is 0. The lowest BCUT2D eigenvalue weighted by molar-refractivity contribution is -0.136. The van der Waals surface area contributed by atoms with Gasteiger partial charge >= 0.3 is 6.18 Å². The minimum atomic E-state index is -4.47. The molecule has 2 N–H and O–H groups in total. The Morgan fingerprint density at radius 2 is 1.66 bits per heavy atom. The number of hydrogen-bond donors (Lipinski definition) is 2. The van der Waals surface area contributed by atoms with E-state index in [0.29, 0.717) is 17.9 Å². The number of nitrogens with zero attached hydrogens (tertiary/aromatic N) is 2. The first kappa shape index (κ1) is 20.9. The molecule has 0 aliphatic carbocycles. The summed E-state index contributed by atoms with van der Waals surface area (Å²) in [5, 5.41) is 10.3. The Balaban J connectivity index is 1.79. The summed E-state index contributed by atoms with van der Waals surface area (Å²) in [7, 11) is 0. The lowest BCUT2D eigenvalue weighted by Crippen LogP contribution is -2.22.